The summed E-state index contributed by atoms with van der Waals surface area (Å²) in [5.74, 6) is 0.548. The third kappa shape index (κ3) is 2.50. The lowest BCUT2D eigenvalue weighted by Crippen LogP contribution is -2.14. The van der Waals surface area contributed by atoms with E-state index >= 15 is 0 Å². The maximum absolute atomic E-state index is 5.78. The lowest BCUT2D eigenvalue weighted by Gasteiger charge is -2.10. The summed E-state index contributed by atoms with van der Waals surface area (Å²) in [5, 5.41) is 3.95. The average Bonchev–Trinajstić information content (AvgIpc) is 2.06. The summed E-state index contributed by atoms with van der Waals surface area (Å²) in [5.41, 5.74) is 1.33. The number of hydrogen-bond acceptors (Lipinski definition) is 1. The first-order chi connectivity index (χ1) is 5.74. The molecular weight excluding hydrogens is 170 g/mol. The van der Waals surface area contributed by atoms with E-state index in [1.54, 1.807) is 0 Å². The Bertz CT molecular complexity index is 230. The van der Waals surface area contributed by atoms with Gasteiger partial charge in [-0.1, -0.05) is 30.7 Å². The Kier molecular flexibility index (Phi) is 3.57. The predicted octanol–water partition coefficient (Wildman–Crippen LogP) is 2.66. The highest BCUT2D eigenvalue weighted by Gasteiger charge is 2.02. The van der Waals surface area contributed by atoms with Crippen LogP contribution in [0.4, 0.5) is 0 Å². The molecule has 1 nitrogen and oxygen atoms in total. The minimum Gasteiger partial charge on any atom is -0.319 e. The monoisotopic (exact) mass is 183 g/mol. The summed E-state index contributed by atoms with van der Waals surface area (Å²) in [7, 11) is 1.96. The van der Waals surface area contributed by atoms with Gasteiger partial charge in [-0.15, -0.1) is 0 Å². The van der Waals surface area contributed by atoms with Crippen molar-refractivity contribution in [1.29, 1.82) is 0 Å². The Labute approximate surface area is 78.7 Å². The average molecular weight is 184 g/mol. The second kappa shape index (κ2) is 4.48. The van der Waals surface area contributed by atoms with Crippen molar-refractivity contribution in [3.8, 4) is 0 Å². The molecule has 0 heterocycles. The van der Waals surface area contributed by atoms with Gasteiger partial charge in [0.2, 0.25) is 0 Å². The van der Waals surface area contributed by atoms with E-state index in [1.807, 2.05) is 19.2 Å². The van der Waals surface area contributed by atoms with Crippen molar-refractivity contribution in [3.63, 3.8) is 0 Å². The summed E-state index contributed by atoms with van der Waals surface area (Å²) >= 11 is 5.78. The molecule has 0 fully saturated rings. The summed E-state index contributed by atoms with van der Waals surface area (Å²) in [6.07, 6.45) is 0. The highest BCUT2D eigenvalue weighted by Crippen LogP contribution is 2.16. The maximum atomic E-state index is 5.78. The highest BCUT2D eigenvalue weighted by atomic mass is 35.5. The van der Waals surface area contributed by atoms with Crippen LogP contribution in [0, 0.1) is 0 Å². The van der Waals surface area contributed by atoms with Gasteiger partial charge in [0.25, 0.3) is 0 Å². The molecule has 0 bridgehead atoms. The van der Waals surface area contributed by atoms with Gasteiger partial charge < -0.3 is 5.32 Å². The van der Waals surface area contributed by atoms with Crippen molar-refractivity contribution < 1.29 is 0 Å². The van der Waals surface area contributed by atoms with Crippen molar-refractivity contribution in [3.05, 3.63) is 34.9 Å². The minimum absolute atomic E-state index is 0.548. The molecule has 0 saturated carbocycles. The minimum atomic E-state index is 0.548. The van der Waals surface area contributed by atoms with Gasteiger partial charge in [0.05, 0.1) is 0 Å². The van der Waals surface area contributed by atoms with Crippen LogP contribution in [0.25, 0.3) is 0 Å². The first-order valence-electron chi connectivity index (χ1n) is 4.14. The summed E-state index contributed by atoms with van der Waals surface area (Å²) in [6, 6.07) is 8.01. The van der Waals surface area contributed by atoms with E-state index in [2.05, 4.69) is 24.4 Å². The summed E-state index contributed by atoms with van der Waals surface area (Å²) in [4.78, 5) is 0. The predicted molar refractivity (Wildman–Crippen MR) is 53.8 cm³/mol. The lowest BCUT2D eigenvalue weighted by molar-refractivity contribution is 0.678. The molecule has 12 heavy (non-hydrogen) atoms. The van der Waals surface area contributed by atoms with Gasteiger partial charge in [0.15, 0.2) is 0 Å². The van der Waals surface area contributed by atoms with Crippen LogP contribution in [0.1, 0.15) is 18.4 Å². The van der Waals surface area contributed by atoms with E-state index in [0.717, 1.165) is 11.6 Å². The number of benzene rings is 1. The van der Waals surface area contributed by atoms with Crippen LogP contribution >= 0.6 is 11.6 Å². The van der Waals surface area contributed by atoms with Crippen LogP contribution in [0.5, 0.6) is 0 Å². The molecule has 0 spiro atoms. The van der Waals surface area contributed by atoms with Crippen molar-refractivity contribution in [2.75, 3.05) is 13.6 Å². The molecule has 0 saturated heterocycles. The topological polar surface area (TPSA) is 12.0 Å². The summed E-state index contributed by atoms with van der Waals surface area (Å²) < 4.78 is 0. The molecule has 1 unspecified atom stereocenters. The number of nitrogens with one attached hydrogen (secondary N) is 1. The molecule has 1 N–H and O–H groups in total. The molecule has 1 aromatic rings. The van der Waals surface area contributed by atoms with Crippen LogP contribution in [-0.2, 0) is 0 Å². The molecule has 0 aliphatic rings. The number of likely N-dealkylation sites (N-methyl/N-ethyl adjacent to an activating group) is 1. The molecular formula is C10H14ClN. The fourth-order valence-corrected chi connectivity index (χ4v) is 1.34. The SMILES string of the molecule is CNCC(C)c1ccc(Cl)cc1. The van der Waals surface area contributed by atoms with E-state index in [0.29, 0.717) is 5.92 Å². The van der Waals surface area contributed by atoms with Crippen LogP contribution in [0.15, 0.2) is 24.3 Å². The van der Waals surface area contributed by atoms with Crippen LogP contribution in [-0.4, -0.2) is 13.6 Å². The van der Waals surface area contributed by atoms with Crippen LogP contribution in [0.3, 0.4) is 0 Å². The standard InChI is InChI=1S/C10H14ClN/c1-8(7-12-2)9-3-5-10(11)6-4-9/h3-6,8,12H,7H2,1-2H3. The quantitative estimate of drug-likeness (QED) is 0.760. The molecule has 0 aliphatic heterocycles. The second-order valence-electron chi connectivity index (χ2n) is 3.01. The van der Waals surface area contributed by atoms with Crippen molar-refractivity contribution in [2.24, 2.45) is 0 Å². The number of hydrogen-bond donors (Lipinski definition) is 1. The van der Waals surface area contributed by atoms with Gasteiger partial charge in [-0.3, -0.25) is 0 Å². The van der Waals surface area contributed by atoms with Gasteiger partial charge in [0.1, 0.15) is 0 Å². The zero-order chi connectivity index (χ0) is 8.97. The third-order valence-corrected chi connectivity index (χ3v) is 2.20. The highest BCUT2D eigenvalue weighted by molar-refractivity contribution is 6.30. The van der Waals surface area contributed by atoms with Crippen LogP contribution in [0.2, 0.25) is 5.02 Å². The Morgan fingerprint density at radius 3 is 2.42 bits per heavy atom. The van der Waals surface area contributed by atoms with E-state index in [4.69, 9.17) is 11.6 Å². The van der Waals surface area contributed by atoms with Gasteiger partial charge in [-0.05, 0) is 30.7 Å². The molecule has 66 valence electrons. The largest absolute Gasteiger partial charge is 0.319 e. The zero-order valence-corrected chi connectivity index (χ0v) is 8.23. The fraction of sp³-hybridized carbons (Fsp3) is 0.400. The van der Waals surface area contributed by atoms with E-state index in [1.165, 1.54) is 5.56 Å². The second-order valence-corrected chi connectivity index (χ2v) is 3.45. The van der Waals surface area contributed by atoms with Gasteiger partial charge >= 0.3 is 0 Å². The molecule has 0 aliphatic carbocycles. The van der Waals surface area contributed by atoms with Gasteiger partial charge in [-0.2, -0.15) is 0 Å². The molecule has 1 aromatic carbocycles. The Morgan fingerprint density at radius 1 is 1.33 bits per heavy atom. The first kappa shape index (κ1) is 9.56. The Balaban J connectivity index is 2.68. The van der Waals surface area contributed by atoms with Crippen molar-refractivity contribution in [2.45, 2.75) is 12.8 Å². The molecule has 2 heteroatoms. The number of halogens is 1. The Hall–Kier alpha value is -0.530. The number of rotatable bonds is 3. The van der Waals surface area contributed by atoms with Crippen molar-refractivity contribution >= 4 is 11.6 Å². The van der Waals surface area contributed by atoms with Gasteiger partial charge in [0, 0.05) is 11.6 Å². The van der Waals surface area contributed by atoms with Gasteiger partial charge in [-0.25, -0.2) is 0 Å². The van der Waals surface area contributed by atoms with Crippen LogP contribution < -0.4 is 5.32 Å². The molecule has 0 radical (unpaired) electrons. The van der Waals surface area contributed by atoms with E-state index in [9.17, 15) is 0 Å². The summed E-state index contributed by atoms with van der Waals surface area (Å²) in [6.45, 7) is 3.20. The molecule has 1 rings (SSSR count). The molecule has 0 amide bonds. The van der Waals surface area contributed by atoms with E-state index < -0.39 is 0 Å². The maximum Gasteiger partial charge on any atom is 0.0406 e. The third-order valence-electron chi connectivity index (χ3n) is 1.95. The fourth-order valence-electron chi connectivity index (χ4n) is 1.22. The first-order valence-corrected chi connectivity index (χ1v) is 4.52. The molecule has 1 atom stereocenters. The lowest BCUT2D eigenvalue weighted by atomic mass is 10.0. The van der Waals surface area contributed by atoms with E-state index in [-0.39, 0.29) is 0 Å². The normalized spacial score (nSPS) is 12.9. The Morgan fingerprint density at radius 2 is 1.92 bits per heavy atom. The van der Waals surface area contributed by atoms with Crippen molar-refractivity contribution in [1.82, 2.24) is 5.32 Å². The molecule has 0 aromatic heterocycles. The zero-order valence-electron chi connectivity index (χ0n) is 7.47. The smallest absolute Gasteiger partial charge is 0.0406 e.